The third-order valence-electron chi connectivity index (χ3n) is 3.77. The highest BCUT2D eigenvalue weighted by Crippen LogP contribution is 2.27. The van der Waals surface area contributed by atoms with Gasteiger partial charge in [0.25, 0.3) is 0 Å². The summed E-state index contributed by atoms with van der Waals surface area (Å²) in [6.07, 6.45) is 0.740. The van der Waals surface area contributed by atoms with E-state index >= 15 is 0 Å². The van der Waals surface area contributed by atoms with Crippen LogP contribution >= 0.6 is 24.0 Å². The molecule has 0 heterocycles. The quantitative estimate of drug-likeness (QED) is 0.339. The number of aliphatic imine (C=N–C) groups is 1. The highest BCUT2D eigenvalue weighted by Gasteiger charge is 2.05. The summed E-state index contributed by atoms with van der Waals surface area (Å²) in [6.45, 7) is 0.876. The van der Waals surface area contributed by atoms with Crippen molar-refractivity contribution in [2.75, 3.05) is 27.9 Å². The van der Waals surface area contributed by atoms with Gasteiger partial charge in [0, 0.05) is 12.6 Å². The summed E-state index contributed by atoms with van der Waals surface area (Å²) < 4.78 is 29.0. The smallest absolute Gasteiger partial charge is 0.188 e. The lowest BCUT2D eigenvalue weighted by Gasteiger charge is -2.10. The van der Waals surface area contributed by atoms with Gasteiger partial charge in [-0.3, -0.25) is 0 Å². The number of benzene rings is 2. The van der Waals surface area contributed by atoms with Gasteiger partial charge in [0.05, 0.1) is 27.9 Å². The van der Waals surface area contributed by atoms with E-state index in [4.69, 9.17) is 19.9 Å². The number of rotatable bonds is 8. The highest BCUT2D eigenvalue weighted by atomic mass is 127. The van der Waals surface area contributed by atoms with Crippen LogP contribution in [0.5, 0.6) is 17.2 Å². The zero-order valence-corrected chi connectivity index (χ0v) is 18.0. The second kappa shape index (κ2) is 11.5. The van der Waals surface area contributed by atoms with Crippen LogP contribution in [0.3, 0.4) is 0 Å². The molecule has 2 rings (SSSR count). The molecule has 0 aliphatic heterocycles. The van der Waals surface area contributed by atoms with Crippen molar-refractivity contribution in [2.24, 2.45) is 10.7 Å². The Balaban J connectivity index is 0.00000364. The molecule has 0 aliphatic rings. The van der Waals surface area contributed by atoms with E-state index in [2.05, 4.69) is 10.3 Å². The van der Waals surface area contributed by atoms with Crippen molar-refractivity contribution in [3.05, 3.63) is 53.3 Å². The van der Waals surface area contributed by atoms with E-state index in [1.165, 1.54) is 19.2 Å². The van der Waals surface area contributed by atoms with Crippen LogP contribution in [0.15, 0.2) is 41.4 Å². The third-order valence-corrected chi connectivity index (χ3v) is 3.77. The Morgan fingerprint density at radius 3 is 2.41 bits per heavy atom. The topological polar surface area (TPSA) is 78.1 Å². The molecular weight excluding hydrogens is 464 g/mol. The van der Waals surface area contributed by atoms with Crippen LogP contribution in [0.1, 0.15) is 11.1 Å². The number of nitrogens with two attached hydrogens (primary N) is 1. The SMILES string of the molecule is COc1cc(F)cc(CN=C(N)NCCc2ccc(OC)c(OC)c2)c1.I. The maximum Gasteiger partial charge on any atom is 0.188 e. The second-order valence-corrected chi connectivity index (χ2v) is 5.57. The number of guanidine groups is 1. The standard InChI is InChI=1S/C19H24FN3O3.HI/c1-24-16-9-14(8-15(20)11-16)12-23-19(21)22-7-6-13-4-5-17(25-2)18(10-13)26-3;/h4-5,8-11H,6-7,12H2,1-3H3,(H3,21,22,23);1H. The van der Waals surface area contributed by atoms with E-state index in [9.17, 15) is 4.39 Å². The summed E-state index contributed by atoms with van der Waals surface area (Å²) in [5, 5.41) is 3.04. The molecule has 2 aromatic rings. The molecule has 3 N–H and O–H groups in total. The fourth-order valence-electron chi connectivity index (χ4n) is 2.43. The molecule has 0 atom stereocenters. The van der Waals surface area contributed by atoms with Crippen LogP contribution in [0.4, 0.5) is 4.39 Å². The molecule has 0 radical (unpaired) electrons. The van der Waals surface area contributed by atoms with Crippen molar-refractivity contribution in [2.45, 2.75) is 13.0 Å². The Morgan fingerprint density at radius 2 is 1.74 bits per heavy atom. The number of nitrogens with zero attached hydrogens (tertiary/aromatic N) is 1. The molecule has 0 unspecified atom stereocenters. The van der Waals surface area contributed by atoms with Crippen LogP contribution in [-0.2, 0) is 13.0 Å². The Morgan fingerprint density at radius 1 is 1.00 bits per heavy atom. The number of methoxy groups -OCH3 is 3. The first-order valence-electron chi connectivity index (χ1n) is 8.14. The first-order valence-corrected chi connectivity index (χ1v) is 8.14. The molecule has 0 aliphatic carbocycles. The largest absolute Gasteiger partial charge is 0.497 e. The summed E-state index contributed by atoms with van der Waals surface area (Å²) >= 11 is 0. The Kier molecular flexibility index (Phi) is 9.70. The summed E-state index contributed by atoms with van der Waals surface area (Å²) in [4.78, 5) is 4.22. The van der Waals surface area contributed by atoms with Crippen molar-refractivity contribution in [3.8, 4) is 17.2 Å². The van der Waals surface area contributed by atoms with E-state index in [-0.39, 0.29) is 36.3 Å². The fourth-order valence-corrected chi connectivity index (χ4v) is 2.43. The minimum absolute atomic E-state index is 0. The summed E-state index contributed by atoms with van der Waals surface area (Å²) in [6, 6.07) is 10.2. The summed E-state index contributed by atoms with van der Waals surface area (Å²) in [7, 11) is 4.70. The van der Waals surface area contributed by atoms with E-state index < -0.39 is 0 Å². The Bertz CT molecular complexity index is 772. The molecule has 0 fully saturated rings. The van der Waals surface area contributed by atoms with Crippen molar-refractivity contribution < 1.29 is 18.6 Å². The molecule has 0 aromatic heterocycles. The molecule has 0 saturated carbocycles. The van der Waals surface area contributed by atoms with Gasteiger partial charge in [-0.15, -0.1) is 24.0 Å². The van der Waals surface area contributed by atoms with Crippen LogP contribution in [-0.4, -0.2) is 33.8 Å². The predicted molar refractivity (Wildman–Crippen MR) is 115 cm³/mol. The van der Waals surface area contributed by atoms with E-state index in [0.717, 1.165) is 12.0 Å². The lowest BCUT2D eigenvalue weighted by atomic mass is 10.1. The molecular formula is C19H25FIN3O3. The van der Waals surface area contributed by atoms with E-state index in [1.54, 1.807) is 20.3 Å². The molecule has 148 valence electrons. The lowest BCUT2D eigenvalue weighted by molar-refractivity contribution is 0.354. The molecule has 0 bridgehead atoms. The van der Waals surface area contributed by atoms with Crippen LogP contribution in [0, 0.1) is 5.82 Å². The van der Waals surface area contributed by atoms with Gasteiger partial charge in [0.1, 0.15) is 11.6 Å². The van der Waals surface area contributed by atoms with Gasteiger partial charge < -0.3 is 25.3 Å². The average molecular weight is 489 g/mol. The Labute approximate surface area is 175 Å². The number of nitrogens with one attached hydrogen (secondary N) is 1. The van der Waals surface area contributed by atoms with Crippen LogP contribution in [0.2, 0.25) is 0 Å². The maximum absolute atomic E-state index is 13.5. The van der Waals surface area contributed by atoms with E-state index in [0.29, 0.717) is 35.3 Å². The van der Waals surface area contributed by atoms with Gasteiger partial charge in [-0.2, -0.15) is 0 Å². The number of hydrogen-bond donors (Lipinski definition) is 2. The fraction of sp³-hybridized carbons (Fsp3) is 0.316. The zero-order valence-electron chi connectivity index (χ0n) is 15.6. The minimum atomic E-state index is -0.366. The summed E-state index contributed by atoms with van der Waals surface area (Å²) in [5.74, 6) is 1.76. The second-order valence-electron chi connectivity index (χ2n) is 5.57. The average Bonchev–Trinajstić information content (AvgIpc) is 2.65. The maximum atomic E-state index is 13.5. The molecule has 27 heavy (non-hydrogen) atoms. The van der Waals surface area contributed by atoms with Gasteiger partial charge in [0.15, 0.2) is 17.5 Å². The first kappa shape index (κ1) is 22.8. The number of ether oxygens (including phenoxy) is 3. The third kappa shape index (κ3) is 7.12. The van der Waals surface area contributed by atoms with Gasteiger partial charge in [-0.25, -0.2) is 9.38 Å². The number of hydrogen-bond acceptors (Lipinski definition) is 4. The molecule has 2 aromatic carbocycles. The highest BCUT2D eigenvalue weighted by molar-refractivity contribution is 14.0. The van der Waals surface area contributed by atoms with Gasteiger partial charge in [-0.1, -0.05) is 6.07 Å². The molecule has 8 heteroatoms. The van der Waals surface area contributed by atoms with Crippen LogP contribution < -0.4 is 25.3 Å². The van der Waals surface area contributed by atoms with E-state index in [1.807, 2.05) is 18.2 Å². The number of halogens is 2. The lowest BCUT2D eigenvalue weighted by Crippen LogP contribution is -2.33. The predicted octanol–water partition coefficient (Wildman–Crippen LogP) is 3.12. The summed E-state index contributed by atoms with van der Waals surface area (Å²) in [5.41, 5.74) is 7.63. The van der Waals surface area contributed by atoms with Crippen molar-refractivity contribution >= 4 is 29.9 Å². The van der Waals surface area contributed by atoms with Gasteiger partial charge in [-0.05, 0) is 41.8 Å². The van der Waals surface area contributed by atoms with Gasteiger partial charge in [0.2, 0.25) is 0 Å². The van der Waals surface area contributed by atoms with Crippen molar-refractivity contribution in [1.82, 2.24) is 5.32 Å². The minimum Gasteiger partial charge on any atom is -0.497 e. The Hall–Kier alpha value is -2.23. The van der Waals surface area contributed by atoms with Gasteiger partial charge >= 0.3 is 0 Å². The van der Waals surface area contributed by atoms with Crippen LogP contribution in [0.25, 0.3) is 0 Å². The van der Waals surface area contributed by atoms with Crippen molar-refractivity contribution in [3.63, 3.8) is 0 Å². The molecule has 0 saturated heterocycles. The molecule has 0 amide bonds. The zero-order chi connectivity index (χ0) is 18.9. The molecule has 6 nitrogen and oxygen atoms in total. The monoisotopic (exact) mass is 489 g/mol. The van der Waals surface area contributed by atoms with Crippen molar-refractivity contribution in [1.29, 1.82) is 0 Å². The normalized spacial score (nSPS) is 10.7. The molecule has 0 spiro atoms. The first-order chi connectivity index (χ1) is 12.5.